The smallest absolute Gasteiger partial charge is 0.225 e. The summed E-state index contributed by atoms with van der Waals surface area (Å²) >= 11 is 0. The molecule has 0 bridgehead atoms. The van der Waals surface area contributed by atoms with Crippen molar-refractivity contribution in [3.63, 3.8) is 0 Å². The number of hydrogen-bond donors (Lipinski definition) is 1. The van der Waals surface area contributed by atoms with Gasteiger partial charge in [0.2, 0.25) is 5.91 Å². The summed E-state index contributed by atoms with van der Waals surface area (Å²) in [4.78, 5) is 12.8. The van der Waals surface area contributed by atoms with E-state index < -0.39 is 0 Å². The zero-order valence-electron chi connectivity index (χ0n) is 8.49. The lowest BCUT2D eigenvalue weighted by Crippen LogP contribution is -2.26. The summed E-state index contributed by atoms with van der Waals surface area (Å²) in [5.41, 5.74) is 0. The number of carbonyl (C=O) groups is 1. The number of amides is 1. The fraction of sp³-hybridized carbons (Fsp3) is 0.500. The Bertz CT molecular complexity index is 306. The molecular formula is C10H15NO3. The molecule has 1 amide bonds. The molecule has 14 heavy (non-hydrogen) atoms. The van der Waals surface area contributed by atoms with Crippen LogP contribution < -0.4 is 0 Å². The Morgan fingerprint density at radius 3 is 2.79 bits per heavy atom. The molecule has 0 aliphatic rings. The van der Waals surface area contributed by atoms with Crippen LogP contribution in [-0.4, -0.2) is 29.6 Å². The Hall–Kier alpha value is -1.29. The summed E-state index contributed by atoms with van der Waals surface area (Å²) in [6.07, 6.45) is 0.163. The van der Waals surface area contributed by atoms with Gasteiger partial charge in [-0.25, -0.2) is 0 Å². The van der Waals surface area contributed by atoms with Crippen LogP contribution in [0.2, 0.25) is 0 Å². The quantitative estimate of drug-likeness (QED) is 0.781. The average molecular weight is 197 g/mol. The molecule has 0 radical (unpaired) electrons. The fourth-order valence-corrected chi connectivity index (χ4v) is 1.18. The topological polar surface area (TPSA) is 53.7 Å². The van der Waals surface area contributed by atoms with Crippen molar-refractivity contribution in [3.05, 3.63) is 23.7 Å². The predicted octanol–water partition coefficient (Wildman–Crippen LogP) is 0.929. The molecule has 1 rings (SSSR count). The Kier molecular flexibility index (Phi) is 3.71. The van der Waals surface area contributed by atoms with Gasteiger partial charge < -0.3 is 14.4 Å². The molecule has 0 aliphatic carbocycles. The highest BCUT2D eigenvalue weighted by molar-refractivity contribution is 5.75. The van der Waals surface area contributed by atoms with Crippen molar-refractivity contribution < 1.29 is 14.3 Å². The number of aryl methyl sites for hydroxylation is 1. The predicted molar refractivity (Wildman–Crippen MR) is 51.6 cm³/mol. The van der Waals surface area contributed by atoms with Crippen LogP contribution in [0, 0.1) is 6.92 Å². The molecule has 0 unspecified atom stereocenters. The highest BCUT2D eigenvalue weighted by Gasteiger charge is 2.09. The highest BCUT2D eigenvalue weighted by Crippen LogP contribution is 2.08. The van der Waals surface area contributed by atoms with Gasteiger partial charge in [-0.1, -0.05) is 0 Å². The monoisotopic (exact) mass is 197 g/mol. The minimum Gasteiger partial charge on any atom is -0.464 e. The third kappa shape index (κ3) is 2.88. The molecule has 1 N–H and O–H groups in total. The van der Waals surface area contributed by atoms with Gasteiger partial charge in [-0.05, 0) is 19.1 Å². The van der Waals surface area contributed by atoms with Crippen LogP contribution in [0.1, 0.15) is 17.9 Å². The first-order valence-corrected chi connectivity index (χ1v) is 4.53. The minimum absolute atomic E-state index is 0.0819. The van der Waals surface area contributed by atoms with Crippen LogP contribution in [0.5, 0.6) is 0 Å². The van der Waals surface area contributed by atoms with Gasteiger partial charge in [-0.3, -0.25) is 4.79 Å². The second-order valence-corrected chi connectivity index (χ2v) is 3.24. The average Bonchev–Trinajstić information content (AvgIpc) is 2.51. The molecule has 0 saturated heterocycles. The van der Waals surface area contributed by atoms with E-state index in [1.165, 1.54) is 4.90 Å². The molecule has 0 atom stereocenters. The maximum atomic E-state index is 11.3. The lowest BCUT2D eigenvalue weighted by atomic mass is 10.3. The number of rotatable bonds is 4. The number of nitrogens with zero attached hydrogens (tertiary/aromatic N) is 1. The van der Waals surface area contributed by atoms with Crippen molar-refractivity contribution in [1.82, 2.24) is 4.90 Å². The van der Waals surface area contributed by atoms with E-state index in [4.69, 9.17) is 9.52 Å². The fourth-order valence-electron chi connectivity index (χ4n) is 1.18. The van der Waals surface area contributed by atoms with E-state index in [1.54, 1.807) is 7.05 Å². The van der Waals surface area contributed by atoms with Gasteiger partial charge in [-0.2, -0.15) is 0 Å². The molecule has 4 heteroatoms. The van der Waals surface area contributed by atoms with Crippen molar-refractivity contribution in [2.75, 3.05) is 13.7 Å². The number of aliphatic hydroxyl groups excluding tert-OH is 1. The molecule has 0 saturated carbocycles. The summed E-state index contributed by atoms with van der Waals surface area (Å²) in [6.45, 7) is 2.20. The van der Waals surface area contributed by atoms with Crippen LogP contribution in [-0.2, 0) is 11.3 Å². The Labute approximate surface area is 83.1 Å². The second-order valence-electron chi connectivity index (χ2n) is 3.24. The van der Waals surface area contributed by atoms with Gasteiger partial charge in [0.15, 0.2) is 0 Å². The number of furan rings is 1. The summed E-state index contributed by atoms with van der Waals surface area (Å²) < 4.78 is 5.33. The van der Waals surface area contributed by atoms with Gasteiger partial charge in [0.25, 0.3) is 0 Å². The minimum atomic E-state index is -0.111. The Morgan fingerprint density at radius 1 is 1.57 bits per heavy atom. The van der Waals surface area contributed by atoms with Gasteiger partial charge in [0, 0.05) is 13.5 Å². The zero-order valence-corrected chi connectivity index (χ0v) is 8.49. The third-order valence-corrected chi connectivity index (χ3v) is 1.94. The van der Waals surface area contributed by atoms with E-state index in [0.717, 1.165) is 11.5 Å². The van der Waals surface area contributed by atoms with Gasteiger partial charge >= 0.3 is 0 Å². The number of aliphatic hydroxyl groups is 1. The van der Waals surface area contributed by atoms with E-state index in [9.17, 15) is 4.79 Å². The maximum Gasteiger partial charge on any atom is 0.225 e. The molecule has 0 aliphatic heterocycles. The largest absolute Gasteiger partial charge is 0.464 e. The lowest BCUT2D eigenvalue weighted by Gasteiger charge is -2.14. The first-order valence-electron chi connectivity index (χ1n) is 4.53. The third-order valence-electron chi connectivity index (χ3n) is 1.94. The van der Waals surface area contributed by atoms with Crippen LogP contribution in [0.25, 0.3) is 0 Å². The molecule has 0 aromatic carbocycles. The van der Waals surface area contributed by atoms with Crippen molar-refractivity contribution >= 4 is 5.91 Å². The summed E-state index contributed by atoms with van der Waals surface area (Å²) in [5, 5.41) is 8.58. The summed E-state index contributed by atoms with van der Waals surface area (Å²) in [6, 6.07) is 3.71. The standard InChI is InChI=1S/C10H15NO3/c1-8-3-4-9(14-8)7-11(2)10(13)5-6-12/h3-4,12H,5-7H2,1-2H3. The highest BCUT2D eigenvalue weighted by atomic mass is 16.3. The van der Waals surface area contributed by atoms with E-state index in [0.29, 0.717) is 6.54 Å². The number of hydrogen-bond acceptors (Lipinski definition) is 3. The van der Waals surface area contributed by atoms with Crippen LogP contribution >= 0.6 is 0 Å². The normalized spacial score (nSPS) is 10.2. The van der Waals surface area contributed by atoms with Gasteiger partial charge in [0.05, 0.1) is 13.2 Å². The van der Waals surface area contributed by atoms with E-state index in [-0.39, 0.29) is 18.9 Å². The summed E-state index contributed by atoms with van der Waals surface area (Å²) in [5.74, 6) is 1.51. The van der Waals surface area contributed by atoms with Gasteiger partial charge in [-0.15, -0.1) is 0 Å². The van der Waals surface area contributed by atoms with Crippen molar-refractivity contribution in [2.45, 2.75) is 19.9 Å². The molecule has 0 spiro atoms. The molecule has 1 aromatic rings. The van der Waals surface area contributed by atoms with Crippen LogP contribution in [0.3, 0.4) is 0 Å². The van der Waals surface area contributed by atoms with Crippen molar-refractivity contribution in [3.8, 4) is 0 Å². The molecule has 0 fully saturated rings. The molecule has 1 aromatic heterocycles. The van der Waals surface area contributed by atoms with Crippen molar-refractivity contribution in [1.29, 1.82) is 0 Å². The summed E-state index contributed by atoms with van der Waals surface area (Å²) in [7, 11) is 1.69. The van der Waals surface area contributed by atoms with Gasteiger partial charge in [0.1, 0.15) is 11.5 Å². The van der Waals surface area contributed by atoms with Crippen LogP contribution in [0.15, 0.2) is 16.5 Å². The van der Waals surface area contributed by atoms with E-state index >= 15 is 0 Å². The zero-order chi connectivity index (χ0) is 10.6. The van der Waals surface area contributed by atoms with E-state index in [1.807, 2.05) is 19.1 Å². The number of carbonyl (C=O) groups excluding carboxylic acids is 1. The first-order chi connectivity index (χ1) is 6.63. The maximum absolute atomic E-state index is 11.3. The lowest BCUT2D eigenvalue weighted by molar-refractivity contribution is -0.131. The second kappa shape index (κ2) is 4.81. The Morgan fingerprint density at radius 2 is 2.29 bits per heavy atom. The van der Waals surface area contributed by atoms with E-state index in [2.05, 4.69) is 0 Å². The SMILES string of the molecule is Cc1ccc(CN(C)C(=O)CCO)o1. The van der Waals surface area contributed by atoms with Crippen LogP contribution in [0.4, 0.5) is 0 Å². The molecule has 1 heterocycles. The molecule has 78 valence electrons. The van der Waals surface area contributed by atoms with Crippen molar-refractivity contribution in [2.24, 2.45) is 0 Å². The molecule has 4 nitrogen and oxygen atoms in total. The first kappa shape index (κ1) is 10.8. The Balaban J connectivity index is 2.48. The molecular weight excluding hydrogens is 182 g/mol.